The molecule has 1 N–H and O–H groups in total. The Morgan fingerprint density at radius 3 is 2.34 bits per heavy atom. The number of hydrogen-bond acceptors (Lipinski definition) is 6. The number of allylic oxidation sites excluding steroid dienone is 2. The van der Waals surface area contributed by atoms with Crippen molar-refractivity contribution in [1.29, 1.82) is 0 Å². The number of ketones is 2. The molecule has 0 bridgehead atoms. The number of nitrogens with one attached hydrogen (secondary N) is 1. The Kier molecular flexibility index (Phi) is 3.82. The Bertz CT molecular complexity index is 1170. The summed E-state index contributed by atoms with van der Waals surface area (Å²) in [4.78, 5) is 40.0. The van der Waals surface area contributed by atoms with Crippen molar-refractivity contribution >= 4 is 23.2 Å². The van der Waals surface area contributed by atoms with Gasteiger partial charge >= 0.3 is 0 Å². The van der Waals surface area contributed by atoms with Gasteiger partial charge in [0.25, 0.3) is 5.70 Å². The molecule has 1 atom stereocenters. The first-order chi connectivity index (χ1) is 14.0. The lowest BCUT2D eigenvalue weighted by atomic mass is 9.75. The lowest BCUT2D eigenvalue weighted by Gasteiger charge is -2.35. The molecule has 0 aromatic heterocycles. The molecule has 8 heteroatoms. The summed E-state index contributed by atoms with van der Waals surface area (Å²) < 4.78 is 0. The standard InChI is InChI=1S/C21H14ClN3O4/c22-12-7-5-11(6-8-12)15-16-17(24-10-9-23-21(24)18(15)25(28)29)20(27)14-4-2-1-3-13(14)19(16)26/h1-8,15,23H,9-10H2. The number of fused-ring (bicyclic) bond motifs is 3. The topological polar surface area (TPSA) is 92.6 Å². The maximum absolute atomic E-state index is 13.5. The summed E-state index contributed by atoms with van der Waals surface area (Å²) in [5.41, 5.74) is 1.36. The lowest BCUT2D eigenvalue weighted by Crippen LogP contribution is -2.40. The predicted octanol–water partition coefficient (Wildman–Crippen LogP) is 3.12. The fraction of sp³-hybridized carbons (Fsp3) is 0.143. The van der Waals surface area contributed by atoms with Crippen LogP contribution in [0.2, 0.25) is 5.02 Å². The first kappa shape index (κ1) is 17.6. The minimum absolute atomic E-state index is 0.135. The van der Waals surface area contributed by atoms with Crippen LogP contribution in [0.3, 0.4) is 0 Å². The fourth-order valence-electron chi connectivity index (χ4n) is 4.31. The highest BCUT2D eigenvalue weighted by atomic mass is 35.5. The van der Waals surface area contributed by atoms with Gasteiger partial charge in [0.1, 0.15) is 5.92 Å². The van der Waals surface area contributed by atoms with Gasteiger partial charge < -0.3 is 10.2 Å². The van der Waals surface area contributed by atoms with E-state index in [2.05, 4.69) is 5.32 Å². The normalized spacial score (nSPS) is 20.3. The van der Waals surface area contributed by atoms with E-state index in [-0.39, 0.29) is 39.9 Å². The summed E-state index contributed by atoms with van der Waals surface area (Å²) in [5.74, 6) is -1.36. The zero-order chi connectivity index (χ0) is 20.3. The maximum atomic E-state index is 13.5. The fourth-order valence-corrected chi connectivity index (χ4v) is 4.43. The van der Waals surface area contributed by atoms with Crippen LogP contribution in [0.4, 0.5) is 0 Å². The molecule has 2 aromatic rings. The third-order valence-corrected chi connectivity index (χ3v) is 5.76. The van der Waals surface area contributed by atoms with Crippen molar-refractivity contribution < 1.29 is 14.5 Å². The summed E-state index contributed by atoms with van der Waals surface area (Å²) in [6.07, 6.45) is 0. The van der Waals surface area contributed by atoms with E-state index in [1.54, 1.807) is 53.4 Å². The molecule has 1 unspecified atom stereocenters. The van der Waals surface area contributed by atoms with Crippen LogP contribution in [0.1, 0.15) is 32.2 Å². The Morgan fingerprint density at radius 2 is 1.69 bits per heavy atom. The van der Waals surface area contributed by atoms with Crippen molar-refractivity contribution in [2.24, 2.45) is 0 Å². The van der Waals surface area contributed by atoms with Crippen LogP contribution >= 0.6 is 11.6 Å². The van der Waals surface area contributed by atoms with Gasteiger partial charge in [0.05, 0.1) is 10.6 Å². The maximum Gasteiger partial charge on any atom is 0.298 e. The highest BCUT2D eigenvalue weighted by Crippen LogP contribution is 2.46. The Morgan fingerprint density at radius 1 is 1.03 bits per heavy atom. The van der Waals surface area contributed by atoms with Gasteiger partial charge in [-0.3, -0.25) is 19.7 Å². The van der Waals surface area contributed by atoms with E-state index in [0.717, 1.165) is 0 Å². The zero-order valence-electron chi connectivity index (χ0n) is 15.0. The number of halogens is 1. The number of nitrogens with zero attached hydrogens (tertiary/aromatic N) is 2. The number of benzene rings is 2. The van der Waals surface area contributed by atoms with Crippen molar-refractivity contribution in [3.63, 3.8) is 0 Å². The summed E-state index contributed by atoms with van der Waals surface area (Å²) in [7, 11) is 0. The largest absolute Gasteiger partial charge is 0.364 e. The Labute approximate surface area is 170 Å². The van der Waals surface area contributed by atoms with Gasteiger partial charge in [-0.05, 0) is 17.7 Å². The van der Waals surface area contributed by atoms with Gasteiger partial charge in [0.2, 0.25) is 5.78 Å². The van der Waals surface area contributed by atoms with Crippen LogP contribution in [0.5, 0.6) is 0 Å². The van der Waals surface area contributed by atoms with Gasteiger partial charge in [0, 0.05) is 34.8 Å². The number of hydrogen-bond donors (Lipinski definition) is 1. The highest BCUT2D eigenvalue weighted by Gasteiger charge is 2.51. The second-order valence-corrected chi connectivity index (χ2v) is 7.46. The SMILES string of the molecule is O=C1C2=C(C(=O)c3ccccc31)N1CCNC1=C([N+](=O)[O-])C2c1ccc(Cl)cc1. The van der Waals surface area contributed by atoms with Crippen LogP contribution < -0.4 is 5.32 Å². The van der Waals surface area contributed by atoms with E-state index in [1.165, 1.54) is 0 Å². The quantitative estimate of drug-likeness (QED) is 0.607. The van der Waals surface area contributed by atoms with Crippen LogP contribution in [0.25, 0.3) is 0 Å². The first-order valence-corrected chi connectivity index (χ1v) is 9.45. The summed E-state index contributed by atoms with van der Waals surface area (Å²) >= 11 is 6.00. The monoisotopic (exact) mass is 407 g/mol. The number of Topliss-reactive ketones (excluding diaryl/α,β-unsaturated/α-hetero) is 2. The molecule has 3 aliphatic rings. The Hall–Kier alpha value is -3.45. The predicted molar refractivity (Wildman–Crippen MR) is 105 cm³/mol. The smallest absolute Gasteiger partial charge is 0.298 e. The van der Waals surface area contributed by atoms with Crippen molar-refractivity contribution in [1.82, 2.24) is 10.2 Å². The van der Waals surface area contributed by atoms with Gasteiger partial charge in [-0.15, -0.1) is 0 Å². The van der Waals surface area contributed by atoms with Crippen LogP contribution in [0.15, 0.2) is 71.3 Å². The van der Waals surface area contributed by atoms with Crippen LogP contribution in [-0.2, 0) is 0 Å². The minimum atomic E-state index is -0.973. The summed E-state index contributed by atoms with van der Waals surface area (Å²) in [6.45, 7) is 0.819. The molecule has 0 amide bonds. The van der Waals surface area contributed by atoms with Crippen molar-refractivity contribution in [3.05, 3.63) is 103 Å². The third-order valence-electron chi connectivity index (χ3n) is 5.50. The molecule has 1 fully saturated rings. The van der Waals surface area contributed by atoms with E-state index in [1.807, 2.05) is 0 Å². The second kappa shape index (κ2) is 6.28. The molecule has 5 rings (SSSR count). The van der Waals surface area contributed by atoms with Gasteiger partial charge in [0.15, 0.2) is 11.6 Å². The van der Waals surface area contributed by atoms with Crippen molar-refractivity contribution in [2.45, 2.75) is 5.92 Å². The molecule has 2 heterocycles. The van der Waals surface area contributed by atoms with E-state index >= 15 is 0 Å². The van der Waals surface area contributed by atoms with Gasteiger partial charge in [-0.25, -0.2) is 0 Å². The van der Waals surface area contributed by atoms with Crippen molar-refractivity contribution in [2.75, 3.05) is 13.1 Å². The molecular formula is C21H14ClN3O4. The number of rotatable bonds is 2. The average Bonchev–Trinajstić information content (AvgIpc) is 3.20. The highest BCUT2D eigenvalue weighted by molar-refractivity contribution is 6.30. The van der Waals surface area contributed by atoms with Gasteiger partial charge in [-0.2, -0.15) is 0 Å². The number of nitro groups is 1. The van der Waals surface area contributed by atoms with Crippen LogP contribution in [0, 0.1) is 10.1 Å². The molecule has 1 saturated heterocycles. The molecule has 7 nitrogen and oxygen atoms in total. The molecule has 2 aliphatic heterocycles. The molecule has 0 radical (unpaired) electrons. The Balaban J connectivity index is 1.82. The minimum Gasteiger partial charge on any atom is -0.364 e. The molecule has 2 aromatic carbocycles. The molecule has 1 aliphatic carbocycles. The molecule has 29 heavy (non-hydrogen) atoms. The summed E-state index contributed by atoms with van der Waals surface area (Å²) in [6, 6.07) is 13.2. The number of carbonyl (C=O) groups excluding carboxylic acids is 2. The average molecular weight is 408 g/mol. The van der Waals surface area contributed by atoms with E-state index in [9.17, 15) is 19.7 Å². The van der Waals surface area contributed by atoms with Crippen molar-refractivity contribution in [3.8, 4) is 0 Å². The number of carbonyl (C=O) groups is 2. The third kappa shape index (κ3) is 2.44. The van der Waals surface area contributed by atoms with Gasteiger partial charge in [-0.1, -0.05) is 48.0 Å². The van der Waals surface area contributed by atoms with E-state index < -0.39 is 10.8 Å². The van der Waals surface area contributed by atoms with E-state index in [4.69, 9.17) is 11.6 Å². The first-order valence-electron chi connectivity index (χ1n) is 9.07. The molecular weight excluding hydrogens is 394 g/mol. The zero-order valence-corrected chi connectivity index (χ0v) is 15.8. The van der Waals surface area contributed by atoms with E-state index in [0.29, 0.717) is 29.2 Å². The molecule has 0 saturated carbocycles. The summed E-state index contributed by atoms with van der Waals surface area (Å²) in [5, 5.41) is 15.6. The lowest BCUT2D eigenvalue weighted by molar-refractivity contribution is -0.431. The molecule has 0 spiro atoms. The molecule has 144 valence electrons. The second-order valence-electron chi connectivity index (χ2n) is 7.02. The van der Waals surface area contributed by atoms with Crippen LogP contribution in [-0.4, -0.2) is 34.5 Å².